The van der Waals surface area contributed by atoms with E-state index in [9.17, 15) is 9.59 Å². The lowest BCUT2D eigenvalue weighted by atomic mass is 10.0. The Morgan fingerprint density at radius 2 is 1.77 bits per heavy atom. The zero-order valence-electron chi connectivity index (χ0n) is 17.5. The number of carbonyl (C=O) groups is 2. The highest BCUT2D eigenvalue weighted by Crippen LogP contribution is 2.38. The standard InChI is InChI=1S/C25H26N2O4/c28-24-4-2-13-26(24)20-9-5-18(6-10-20)7-12-25(29)27-14-1-3-21(27)19-8-11-22-23(17-19)31-16-15-30-22/h5-12,17,21H,1-4,13-16H2. The Labute approximate surface area is 182 Å². The predicted octanol–water partition coefficient (Wildman–Crippen LogP) is 3.96. The zero-order chi connectivity index (χ0) is 21.2. The topological polar surface area (TPSA) is 59.1 Å². The van der Waals surface area contributed by atoms with Crippen molar-refractivity contribution in [3.8, 4) is 11.5 Å². The van der Waals surface area contributed by atoms with Crippen LogP contribution in [0.25, 0.3) is 6.08 Å². The molecule has 2 aromatic carbocycles. The minimum absolute atomic E-state index is 0.0104. The molecule has 3 heterocycles. The van der Waals surface area contributed by atoms with Gasteiger partial charge in [-0.2, -0.15) is 0 Å². The first kappa shape index (κ1) is 19.7. The highest BCUT2D eigenvalue weighted by molar-refractivity contribution is 5.95. The van der Waals surface area contributed by atoms with Crippen LogP contribution in [0.1, 0.15) is 42.9 Å². The second-order valence-corrected chi connectivity index (χ2v) is 8.17. The van der Waals surface area contributed by atoms with Crippen molar-refractivity contribution in [2.75, 3.05) is 31.2 Å². The van der Waals surface area contributed by atoms with E-state index < -0.39 is 0 Å². The summed E-state index contributed by atoms with van der Waals surface area (Å²) in [4.78, 5) is 28.6. The first-order valence-electron chi connectivity index (χ1n) is 11.0. The van der Waals surface area contributed by atoms with E-state index in [1.54, 1.807) is 6.08 Å². The highest BCUT2D eigenvalue weighted by atomic mass is 16.6. The Morgan fingerprint density at radius 1 is 0.968 bits per heavy atom. The van der Waals surface area contributed by atoms with Crippen molar-refractivity contribution < 1.29 is 19.1 Å². The summed E-state index contributed by atoms with van der Waals surface area (Å²) in [6.45, 7) is 2.65. The van der Waals surface area contributed by atoms with Crippen LogP contribution in [-0.2, 0) is 9.59 Å². The molecule has 0 spiro atoms. The lowest BCUT2D eigenvalue weighted by molar-refractivity contribution is -0.126. The summed E-state index contributed by atoms with van der Waals surface area (Å²) in [6.07, 6.45) is 6.95. The largest absolute Gasteiger partial charge is 0.486 e. The van der Waals surface area contributed by atoms with Crippen LogP contribution in [0, 0.1) is 0 Å². The number of rotatable bonds is 4. The smallest absolute Gasteiger partial charge is 0.247 e. The molecule has 2 amide bonds. The number of carbonyl (C=O) groups excluding carboxylic acids is 2. The fourth-order valence-corrected chi connectivity index (χ4v) is 4.59. The summed E-state index contributed by atoms with van der Waals surface area (Å²) in [7, 11) is 0. The molecule has 0 radical (unpaired) electrons. The molecule has 31 heavy (non-hydrogen) atoms. The number of fused-ring (bicyclic) bond motifs is 1. The van der Waals surface area contributed by atoms with Crippen molar-refractivity contribution in [3.63, 3.8) is 0 Å². The Hall–Kier alpha value is -3.28. The summed E-state index contributed by atoms with van der Waals surface area (Å²) < 4.78 is 11.3. The molecule has 1 atom stereocenters. The molecule has 1 unspecified atom stereocenters. The van der Waals surface area contributed by atoms with Gasteiger partial charge in [0.05, 0.1) is 6.04 Å². The van der Waals surface area contributed by atoms with Crippen LogP contribution in [0.5, 0.6) is 11.5 Å². The monoisotopic (exact) mass is 418 g/mol. The maximum atomic E-state index is 12.9. The number of ether oxygens (including phenoxy) is 2. The van der Waals surface area contributed by atoms with Crippen molar-refractivity contribution in [3.05, 3.63) is 59.7 Å². The fraction of sp³-hybridized carbons (Fsp3) is 0.360. The van der Waals surface area contributed by atoms with Crippen LogP contribution in [0.2, 0.25) is 0 Å². The molecule has 5 rings (SSSR count). The summed E-state index contributed by atoms with van der Waals surface area (Å²) in [5.41, 5.74) is 2.95. The first-order valence-corrected chi connectivity index (χ1v) is 11.0. The average molecular weight is 418 g/mol. The third-order valence-corrected chi connectivity index (χ3v) is 6.18. The lowest BCUT2D eigenvalue weighted by Gasteiger charge is -2.26. The molecule has 3 aliphatic rings. The van der Waals surface area contributed by atoms with Crippen molar-refractivity contribution in [2.45, 2.75) is 31.7 Å². The maximum absolute atomic E-state index is 12.9. The van der Waals surface area contributed by atoms with Gasteiger partial charge in [0.15, 0.2) is 11.5 Å². The molecule has 0 saturated carbocycles. The van der Waals surface area contributed by atoms with E-state index >= 15 is 0 Å². The minimum Gasteiger partial charge on any atom is -0.486 e. The number of anilines is 1. The third kappa shape index (κ3) is 4.02. The predicted molar refractivity (Wildman–Crippen MR) is 118 cm³/mol. The third-order valence-electron chi connectivity index (χ3n) is 6.18. The van der Waals surface area contributed by atoms with Crippen LogP contribution in [0.3, 0.4) is 0 Å². The molecule has 0 aromatic heterocycles. The number of nitrogens with zero attached hydrogens (tertiary/aromatic N) is 2. The summed E-state index contributed by atoms with van der Waals surface area (Å²) in [5.74, 6) is 1.72. The van der Waals surface area contributed by atoms with Crippen molar-refractivity contribution in [2.24, 2.45) is 0 Å². The summed E-state index contributed by atoms with van der Waals surface area (Å²) in [6, 6.07) is 13.8. The van der Waals surface area contributed by atoms with E-state index in [4.69, 9.17) is 9.47 Å². The van der Waals surface area contributed by atoms with E-state index in [0.29, 0.717) is 19.6 Å². The number of amides is 2. The SMILES string of the molecule is O=C1CCCN1c1ccc(C=CC(=O)N2CCCC2c2ccc3c(c2)OCCO3)cc1. The Morgan fingerprint density at radius 3 is 2.55 bits per heavy atom. The second-order valence-electron chi connectivity index (χ2n) is 8.17. The molecule has 0 bridgehead atoms. The molecule has 2 fully saturated rings. The number of likely N-dealkylation sites (tertiary alicyclic amines) is 1. The lowest BCUT2D eigenvalue weighted by Crippen LogP contribution is -2.29. The molecule has 6 heteroatoms. The van der Waals surface area contributed by atoms with Gasteiger partial charge in [0.2, 0.25) is 11.8 Å². The average Bonchev–Trinajstić information content (AvgIpc) is 3.47. The molecule has 6 nitrogen and oxygen atoms in total. The molecule has 2 aromatic rings. The van der Waals surface area contributed by atoms with Crippen LogP contribution in [0.15, 0.2) is 48.5 Å². The molecule has 0 N–H and O–H groups in total. The van der Waals surface area contributed by atoms with Crippen LogP contribution >= 0.6 is 0 Å². The Kier molecular flexibility index (Phi) is 5.37. The van der Waals surface area contributed by atoms with E-state index in [1.807, 2.05) is 58.3 Å². The maximum Gasteiger partial charge on any atom is 0.247 e. The molecule has 160 valence electrons. The van der Waals surface area contributed by atoms with Gasteiger partial charge in [0.1, 0.15) is 13.2 Å². The minimum atomic E-state index is 0.0104. The quantitative estimate of drug-likeness (QED) is 0.706. The van der Waals surface area contributed by atoms with E-state index in [2.05, 4.69) is 0 Å². The van der Waals surface area contributed by atoms with Gasteiger partial charge in [-0.05, 0) is 60.7 Å². The van der Waals surface area contributed by atoms with Gasteiger partial charge in [-0.25, -0.2) is 0 Å². The van der Waals surface area contributed by atoms with E-state index in [-0.39, 0.29) is 17.9 Å². The van der Waals surface area contributed by atoms with Crippen LogP contribution in [-0.4, -0.2) is 43.0 Å². The molecular formula is C25H26N2O4. The van der Waals surface area contributed by atoms with E-state index in [0.717, 1.165) is 60.7 Å². The number of hydrogen-bond donors (Lipinski definition) is 0. The fourth-order valence-electron chi connectivity index (χ4n) is 4.59. The van der Waals surface area contributed by atoms with Gasteiger partial charge in [0, 0.05) is 31.3 Å². The van der Waals surface area contributed by atoms with E-state index in [1.165, 1.54) is 0 Å². The van der Waals surface area contributed by atoms with Gasteiger partial charge in [-0.1, -0.05) is 18.2 Å². The summed E-state index contributed by atoms with van der Waals surface area (Å²) in [5, 5.41) is 0. The van der Waals surface area contributed by atoms with Crippen LogP contribution in [0.4, 0.5) is 5.69 Å². The molecule has 0 aliphatic carbocycles. The highest BCUT2D eigenvalue weighted by Gasteiger charge is 2.30. The second kappa shape index (κ2) is 8.46. The van der Waals surface area contributed by atoms with Gasteiger partial charge >= 0.3 is 0 Å². The molecular weight excluding hydrogens is 392 g/mol. The Balaban J connectivity index is 1.27. The van der Waals surface area contributed by atoms with Crippen molar-refractivity contribution in [1.29, 1.82) is 0 Å². The van der Waals surface area contributed by atoms with Gasteiger partial charge < -0.3 is 19.3 Å². The number of hydrogen-bond acceptors (Lipinski definition) is 4. The van der Waals surface area contributed by atoms with Crippen LogP contribution < -0.4 is 14.4 Å². The molecule has 3 aliphatic heterocycles. The summed E-state index contributed by atoms with van der Waals surface area (Å²) >= 11 is 0. The number of benzene rings is 2. The van der Waals surface area contributed by atoms with Gasteiger partial charge in [-0.3, -0.25) is 9.59 Å². The Bertz CT molecular complexity index is 1010. The zero-order valence-corrected chi connectivity index (χ0v) is 17.5. The van der Waals surface area contributed by atoms with Crippen molar-refractivity contribution in [1.82, 2.24) is 4.90 Å². The normalized spacial score (nSPS) is 20.6. The first-order chi connectivity index (χ1) is 15.2. The van der Waals surface area contributed by atoms with Crippen molar-refractivity contribution >= 4 is 23.6 Å². The van der Waals surface area contributed by atoms with Gasteiger partial charge in [-0.15, -0.1) is 0 Å². The molecule has 2 saturated heterocycles. The van der Waals surface area contributed by atoms with Gasteiger partial charge in [0.25, 0.3) is 0 Å².